The second-order valence-corrected chi connectivity index (χ2v) is 3.75. The van der Waals surface area contributed by atoms with Crippen LogP contribution >= 0.6 is 0 Å². The minimum atomic E-state index is -0.913. The molecule has 1 aromatic carbocycles. The van der Waals surface area contributed by atoms with E-state index in [2.05, 4.69) is 5.32 Å². The van der Waals surface area contributed by atoms with Crippen molar-refractivity contribution < 1.29 is 15.0 Å². The number of aliphatic hydroxyl groups excluding tert-OH is 2. The second-order valence-electron chi connectivity index (χ2n) is 3.75. The summed E-state index contributed by atoms with van der Waals surface area (Å²) in [6.07, 6.45) is 2.38. The van der Waals surface area contributed by atoms with Crippen LogP contribution < -0.4 is 5.32 Å². The van der Waals surface area contributed by atoms with Crippen LogP contribution in [0.1, 0.15) is 12.5 Å². The van der Waals surface area contributed by atoms with Crippen LogP contribution in [0.25, 0.3) is 6.08 Å². The van der Waals surface area contributed by atoms with Crippen LogP contribution in [-0.2, 0) is 4.79 Å². The van der Waals surface area contributed by atoms with Gasteiger partial charge in [0, 0.05) is 6.92 Å². The third kappa shape index (κ3) is 4.80. The monoisotopic (exact) mass is 235 g/mol. The number of carbonyl (C=O) groups excluding carboxylic acids is 1. The van der Waals surface area contributed by atoms with Crippen molar-refractivity contribution in [1.29, 1.82) is 0 Å². The number of nitrogens with one attached hydrogen (secondary N) is 1. The molecule has 0 bridgehead atoms. The summed E-state index contributed by atoms with van der Waals surface area (Å²) in [6, 6.07) is 8.81. The molecule has 0 spiro atoms. The van der Waals surface area contributed by atoms with E-state index in [9.17, 15) is 9.90 Å². The van der Waals surface area contributed by atoms with Crippen molar-refractivity contribution in [3.8, 4) is 0 Å². The van der Waals surface area contributed by atoms with Crippen LogP contribution in [0.2, 0.25) is 0 Å². The van der Waals surface area contributed by atoms with Gasteiger partial charge in [0.1, 0.15) is 0 Å². The molecule has 92 valence electrons. The first-order chi connectivity index (χ1) is 8.13. The molecule has 2 atom stereocenters. The summed E-state index contributed by atoms with van der Waals surface area (Å²) in [4.78, 5) is 10.8. The molecular weight excluding hydrogens is 218 g/mol. The van der Waals surface area contributed by atoms with E-state index in [0.29, 0.717) is 0 Å². The average molecular weight is 235 g/mol. The van der Waals surface area contributed by atoms with E-state index < -0.39 is 12.1 Å². The van der Waals surface area contributed by atoms with Crippen LogP contribution in [0.15, 0.2) is 36.4 Å². The number of rotatable bonds is 5. The Morgan fingerprint density at radius 3 is 2.59 bits per heavy atom. The van der Waals surface area contributed by atoms with Gasteiger partial charge >= 0.3 is 0 Å². The molecule has 0 saturated heterocycles. The largest absolute Gasteiger partial charge is 0.394 e. The minimum absolute atomic E-state index is 0.281. The Bertz CT molecular complexity index is 376. The summed E-state index contributed by atoms with van der Waals surface area (Å²) in [5, 5.41) is 21.3. The molecule has 0 unspecified atom stereocenters. The lowest BCUT2D eigenvalue weighted by Gasteiger charge is -2.18. The highest BCUT2D eigenvalue weighted by Crippen LogP contribution is 2.04. The summed E-state index contributed by atoms with van der Waals surface area (Å²) >= 11 is 0. The summed E-state index contributed by atoms with van der Waals surface area (Å²) in [5.41, 5.74) is 0.950. The van der Waals surface area contributed by atoms with Crippen LogP contribution in [0.4, 0.5) is 0 Å². The maximum atomic E-state index is 10.8. The molecule has 1 amide bonds. The SMILES string of the molecule is CC(=O)N[C@@H](CO)[C@@H](O)/C=C/c1ccccc1. The van der Waals surface area contributed by atoms with Gasteiger partial charge in [-0.15, -0.1) is 0 Å². The molecule has 4 heteroatoms. The molecule has 0 aliphatic heterocycles. The maximum absolute atomic E-state index is 10.8. The first-order valence-electron chi connectivity index (χ1n) is 5.42. The molecule has 0 saturated carbocycles. The maximum Gasteiger partial charge on any atom is 0.217 e. The quantitative estimate of drug-likeness (QED) is 0.698. The lowest BCUT2D eigenvalue weighted by Crippen LogP contribution is -2.44. The van der Waals surface area contributed by atoms with E-state index in [1.54, 1.807) is 12.2 Å². The topological polar surface area (TPSA) is 69.6 Å². The highest BCUT2D eigenvalue weighted by Gasteiger charge is 2.16. The van der Waals surface area contributed by atoms with Crippen molar-refractivity contribution in [3.63, 3.8) is 0 Å². The van der Waals surface area contributed by atoms with Gasteiger partial charge in [-0.05, 0) is 5.56 Å². The van der Waals surface area contributed by atoms with Crippen LogP contribution in [0.3, 0.4) is 0 Å². The Morgan fingerprint density at radius 2 is 2.06 bits per heavy atom. The zero-order valence-electron chi connectivity index (χ0n) is 9.71. The van der Waals surface area contributed by atoms with Gasteiger partial charge in [0.25, 0.3) is 0 Å². The molecule has 3 N–H and O–H groups in total. The number of carbonyl (C=O) groups is 1. The van der Waals surface area contributed by atoms with Crippen molar-refractivity contribution in [2.75, 3.05) is 6.61 Å². The standard InChI is InChI=1S/C13H17NO3/c1-10(16)14-12(9-15)13(17)8-7-11-5-3-2-4-6-11/h2-8,12-13,15,17H,9H2,1H3,(H,14,16)/b8-7+/t12-,13-/m0/s1. The van der Waals surface area contributed by atoms with Crippen molar-refractivity contribution in [2.45, 2.75) is 19.1 Å². The Morgan fingerprint density at radius 1 is 1.41 bits per heavy atom. The molecule has 0 aliphatic carbocycles. The summed E-state index contributed by atoms with van der Waals surface area (Å²) in [5.74, 6) is -0.281. The summed E-state index contributed by atoms with van der Waals surface area (Å²) < 4.78 is 0. The molecular formula is C13H17NO3. The van der Waals surface area contributed by atoms with Gasteiger partial charge in [0.05, 0.1) is 18.8 Å². The molecule has 0 aromatic heterocycles. The van der Waals surface area contributed by atoms with Gasteiger partial charge in [-0.1, -0.05) is 42.5 Å². The van der Waals surface area contributed by atoms with E-state index in [1.165, 1.54) is 6.92 Å². The van der Waals surface area contributed by atoms with Gasteiger partial charge < -0.3 is 15.5 Å². The molecule has 4 nitrogen and oxygen atoms in total. The van der Waals surface area contributed by atoms with Gasteiger partial charge in [-0.25, -0.2) is 0 Å². The fourth-order valence-electron chi connectivity index (χ4n) is 1.41. The van der Waals surface area contributed by atoms with Gasteiger partial charge in [-0.3, -0.25) is 4.79 Å². The normalized spacial score (nSPS) is 14.5. The molecule has 0 radical (unpaired) electrons. The molecule has 0 fully saturated rings. The number of aliphatic hydroxyl groups is 2. The number of benzene rings is 1. The third-order valence-electron chi connectivity index (χ3n) is 2.28. The number of hydrogen-bond acceptors (Lipinski definition) is 3. The highest BCUT2D eigenvalue weighted by molar-refractivity contribution is 5.73. The van der Waals surface area contributed by atoms with Crippen molar-refractivity contribution in [2.24, 2.45) is 0 Å². The Balaban J connectivity index is 2.60. The zero-order valence-corrected chi connectivity index (χ0v) is 9.71. The Hall–Kier alpha value is -1.65. The summed E-state index contributed by atoms with van der Waals surface area (Å²) in [6.45, 7) is 1.04. The van der Waals surface area contributed by atoms with E-state index in [4.69, 9.17) is 5.11 Å². The zero-order chi connectivity index (χ0) is 12.7. The lowest BCUT2D eigenvalue weighted by atomic mass is 10.1. The van der Waals surface area contributed by atoms with E-state index >= 15 is 0 Å². The predicted octanol–water partition coefficient (Wildman–Crippen LogP) is 0.558. The highest BCUT2D eigenvalue weighted by atomic mass is 16.3. The first kappa shape index (κ1) is 13.4. The molecule has 1 aromatic rings. The van der Waals surface area contributed by atoms with E-state index in [0.717, 1.165) is 5.56 Å². The number of amides is 1. The van der Waals surface area contributed by atoms with Gasteiger partial charge in [-0.2, -0.15) is 0 Å². The molecule has 1 rings (SSSR count). The van der Waals surface area contributed by atoms with Crippen LogP contribution in [-0.4, -0.2) is 34.9 Å². The molecule has 0 heterocycles. The fourth-order valence-corrected chi connectivity index (χ4v) is 1.41. The molecule has 0 aliphatic rings. The first-order valence-corrected chi connectivity index (χ1v) is 5.42. The molecule has 17 heavy (non-hydrogen) atoms. The summed E-state index contributed by atoms with van der Waals surface area (Å²) in [7, 11) is 0. The minimum Gasteiger partial charge on any atom is -0.394 e. The number of hydrogen-bond donors (Lipinski definition) is 3. The smallest absolute Gasteiger partial charge is 0.217 e. The van der Waals surface area contributed by atoms with E-state index in [1.807, 2.05) is 30.3 Å². The van der Waals surface area contributed by atoms with Crippen LogP contribution in [0, 0.1) is 0 Å². The lowest BCUT2D eigenvalue weighted by molar-refractivity contribution is -0.120. The Labute approximate surface area is 101 Å². The van der Waals surface area contributed by atoms with Crippen molar-refractivity contribution >= 4 is 12.0 Å². The second kappa shape index (κ2) is 6.83. The van der Waals surface area contributed by atoms with E-state index in [-0.39, 0.29) is 12.5 Å². The van der Waals surface area contributed by atoms with Gasteiger partial charge in [0.15, 0.2) is 0 Å². The third-order valence-corrected chi connectivity index (χ3v) is 2.28. The average Bonchev–Trinajstić information content (AvgIpc) is 2.34. The van der Waals surface area contributed by atoms with Crippen molar-refractivity contribution in [3.05, 3.63) is 42.0 Å². The Kier molecular flexibility index (Phi) is 5.39. The van der Waals surface area contributed by atoms with Crippen LogP contribution in [0.5, 0.6) is 0 Å². The fraction of sp³-hybridized carbons (Fsp3) is 0.308. The predicted molar refractivity (Wildman–Crippen MR) is 66.2 cm³/mol. The van der Waals surface area contributed by atoms with Gasteiger partial charge in [0.2, 0.25) is 5.91 Å². The van der Waals surface area contributed by atoms with Crippen molar-refractivity contribution in [1.82, 2.24) is 5.32 Å².